The van der Waals surface area contributed by atoms with Crippen LogP contribution in [0.3, 0.4) is 0 Å². The summed E-state index contributed by atoms with van der Waals surface area (Å²) in [6.07, 6.45) is 3.23. The predicted molar refractivity (Wildman–Crippen MR) is 117 cm³/mol. The predicted octanol–water partition coefficient (Wildman–Crippen LogP) is 4.86. The van der Waals surface area contributed by atoms with E-state index in [4.69, 9.17) is 0 Å². The summed E-state index contributed by atoms with van der Waals surface area (Å²) in [5, 5.41) is 3.02. The normalized spacial score (nSPS) is 17.2. The fraction of sp³-hybridized carbons (Fsp3) is 0.458. The van der Waals surface area contributed by atoms with Gasteiger partial charge in [0.05, 0.1) is 0 Å². The van der Waals surface area contributed by atoms with E-state index in [1.165, 1.54) is 17.7 Å². The molecule has 29 heavy (non-hydrogen) atoms. The Morgan fingerprint density at radius 1 is 1.17 bits per heavy atom. The standard InChI is InChI=1S/C24H32FN3O/c1-18-13-19(2)15-23(14-18)26-24(29)27(3)16-21-5-4-11-28(17-21)12-10-20-6-8-22(25)9-7-20/h6-9,13-15,21H,4-5,10-12,16-17H2,1-3H3,(H,26,29). The van der Waals surface area contributed by atoms with Crippen molar-refractivity contribution in [2.75, 3.05) is 38.5 Å². The van der Waals surface area contributed by atoms with Crippen molar-refractivity contribution in [1.29, 1.82) is 0 Å². The number of benzene rings is 2. The molecular weight excluding hydrogens is 365 g/mol. The van der Waals surface area contributed by atoms with E-state index in [1.807, 2.05) is 45.2 Å². The highest BCUT2D eigenvalue weighted by Crippen LogP contribution is 2.19. The van der Waals surface area contributed by atoms with Gasteiger partial charge in [0.1, 0.15) is 5.82 Å². The first-order valence-corrected chi connectivity index (χ1v) is 10.5. The lowest BCUT2D eigenvalue weighted by atomic mass is 9.97. The lowest BCUT2D eigenvalue weighted by molar-refractivity contribution is 0.150. The second kappa shape index (κ2) is 9.88. The molecule has 5 heteroatoms. The largest absolute Gasteiger partial charge is 0.327 e. The molecule has 1 aliphatic heterocycles. The van der Waals surface area contributed by atoms with E-state index < -0.39 is 0 Å². The van der Waals surface area contributed by atoms with Crippen molar-refractivity contribution in [2.45, 2.75) is 33.1 Å². The Balaban J connectivity index is 1.47. The number of anilines is 1. The number of hydrogen-bond donors (Lipinski definition) is 1. The molecule has 156 valence electrons. The first-order valence-electron chi connectivity index (χ1n) is 10.5. The second-order valence-corrected chi connectivity index (χ2v) is 8.37. The maximum Gasteiger partial charge on any atom is 0.321 e. The number of nitrogens with zero attached hydrogens (tertiary/aromatic N) is 2. The number of rotatable bonds is 6. The Bertz CT molecular complexity index is 801. The van der Waals surface area contributed by atoms with Gasteiger partial charge in [0.2, 0.25) is 0 Å². The Morgan fingerprint density at radius 2 is 1.86 bits per heavy atom. The van der Waals surface area contributed by atoms with Crippen LogP contribution in [-0.2, 0) is 6.42 Å². The van der Waals surface area contributed by atoms with Crippen molar-refractivity contribution in [3.63, 3.8) is 0 Å². The SMILES string of the molecule is Cc1cc(C)cc(NC(=O)N(C)CC2CCCN(CCc3ccc(F)cc3)C2)c1. The fourth-order valence-electron chi connectivity index (χ4n) is 4.18. The lowest BCUT2D eigenvalue weighted by Crippen LogP contribution is -2.43. The van der Waals surface area contributed by atoms with Crippen LogP contribution in [0.5, 0.6) is 0 Å². The molecule has 1 atom stereocenters. The van der Waals surface area contributed by atoms with Crippen molar-refractivity contribution in [3.05, 3.63) is 65.0 Å². The number of carbonyl (C=O) groups is 1. The minimum absolute atomic E-state index is 0.0570. The molecule has 1 N–H and O–H groups in total. The first kappa shape index (κ1) is 21.3. The average molecular weight is 398 g/mol. The van der Waals surface area contributed by atoms with Gasteiger partial charge in [-0.05, 0) is 86.5 Å². The minimum Gasteiger partial charge on any atom is -0.327 e. The van der Waals surface area contributed by atoms with Crippen molar-refractivity contribution >= 4 is 11.7 Å². The molecule has 0 aromatic heterocycles. The van der Waals surface area contributed by atoms with Crippen LogP contribution in [0, 0.1) is 25.6 Å². The van der Waals surface area contributed by atoms with Crippen LogP contribution in [-0.4, -0.2) is 49.1 Å². The summed E-state index contributed by atoms with van der Waals surface area (Å²) >= 11 is 0. The maximum absolute atomic E-state index is 13.0. The Kier molecular flexibility index (Phi) is 7.26. The van der Waals surface area contributed by atoms with Crippen LogP contribution in [0.15, 0.2) is 42.5 Å². The van der Waals surface area contributed by atoms with Gasteiger partial charge in [-0.1, -0.05) is 18.2 Å². The zero-order chi connectivity index (χ0) is 20.8. The summed E-state index contributed by atoms with van der Waals surface area (Å²) in [5.41, 5.74) is 4.31. The van der Waals surface area contributed by atoms with Gasteiger partial charge in [-0.15, -0.1) is 0 Å². The average Bonchev–Trinajstić information content (AvgIpc) is 2.67. The number of halogens is 1. The van der Waals surface area contributed by atoms with Gasteiger partial charge in [0.15, 0.2) is 0 Å². The van der Waals surface area contributed by atoms with Crippen LogP contribution in [0.1, 0.15) is 29.5 Å². The molecule has 1 unspecified atom stereocenters. The Morgan fingerprint density at radius 3 is 2.55 bits per heavy atom. The number of likely N-dealkylation sites (tertiary alicyclic amines) is 1. The molecule has 0 aliphatic carbocycles. The minimum atomic E-state index is -0.186. The van der Waals surface area contributed by atoms with E-state index in [1.54, 1.807) is 4.90 Å². The smallest absolute Gasteiger partial charge is 0.321 e. The third kappa shape index (κ3) is 6.57. The summed E-state index contributed by atoms with van der Waals surface area (Å²) in [6, 6.07) is 12.8. The molecule has 0 saturated carbocycles. The number of aryl methyl sites for hydroxylation is 2. The van der Waals surface area contributed by atoms with Crippen molar-refractivity contribution in [3.8, 4) is 0 Å². The van der Waals surface area contributed by atoms with Crippen LogP contribution < -0.4 is 5.32 Å². The number of urea groups is 1. The summed E-state index contributed by atoms with van der Waals surface area (Å²) in [7, 11) is 1.87. The number of amides is 2. The van der Waals surface area contributed by atoms with Gasteiger partial charge >= 0.3 is 6.03 Å². The van der Waals surface area contributed by atoms with E-state index in [2.05, 4.69) is 16.3 Å². The lowest BCUT2D eigenvalue weighted by Gasteiger charge is -2.34. The van der Waals surface area contributed by atoms with E-state index in [9.17, 15) is 9.18 Å². The highest BCUT2D eigenvalue weighted by Gasteiger charge is 2.22. The van der Waals surface area contributed by atoms with E-state index in [0.717, 1.165) is 62.3 Å². The molecule has 0 radical (unpaired) electrons. The van der Waals surface area contributed by atoms with Gasteiger partial charge < -0.3 is 15.1 Å². The van der Waals surface area contributed by atoms with E-state index >= 15 is 0 Å². The molecule has 2 aromatic rings. The van der Waals surface area contributed by atoms with Gasteiger partial charge in [-0.3, -0.25) is 0 Å². The molecule has 1 aliphatic rings. The monoisotopic (exact) mass is 397 g/mol. The zero-order valence-electron chi connectivity index (χ0n) is 17.7. The highest BCUT2D eigenvalue weighted by atomic mass is 19.1. The van der Waals surface area contributed by atoms with Crippen LogP contribution >= 0.6 is 0 Å². The van der Waals surface area contributed by atoms with Crippen molar-refractivity contribution in [1.82, 2.24) is 9.80 Å². The fourth-order valence-corrected chi connectivity index (χ4v) is 4.18. The topological polar surface area (TPSA) is 35.6 Å². The third-order valence-electron chi connectivity index (χ3n) is 5.58. The van der Waals surface area contributed by atoms with E-state index in [-0.39, 0.29) is 11.8 Å². The number of carbonyl (C=O) groups excluding carboxylic acids is 1. The molecule has 1 fully saturated rings. The molecule has 0 bridgehead atoms. The van der Waals surface area contributed by atoms with Crippen LogP contribution in [0.4, 0.5) is 14.9 Å². The highest BCUT2D eigenvalue weighted by molar-refractivity contribution is 5.89. The number of nitrogens with one attached hydrogen (secondary N) is 1. The molecule has 3 rings (SSSR count). The molecule has 0 spiro atoms. The number of piperidine rings is 1. The first-order chi connectivity index (χ1) is 13.9. The summed E-state index contributed by atoms with van der Waals surface area (Å²) in [5.74, 6) is 0.292. The van der Waals surface area contributed by atoms with Gasteiger partial charge in [-0.25, -0.2) is 9.18 Å². The quantitative estimate of drug-likeness (QED) is 0.755. The van der Waals surface area contributed by atoms with Gasteiger partial charge in [0, 0.05) is 32.4 Å². The summed E-state index contributed by atoms with van der Waals surface area (Å²) < 4.78 is 13.0. The summed E-state index contributed by atoms with van der Waals surface area (Å²) in [6.45, 7) is 7.90. The molecule has 1 saturated heterocycles. The maximum atomic E-state index is 13.0. The zero-order valence-corrected chi connectivity index (χ0v) is 17.7. The second-order valence-electron chi connectivity index (χ2n) is 8.37. The Labute approximate surface area is 173 Å². The molecular formula is C24H32FN3O. The van der Waals surface area contributed by atoms with E-state index in [0.29, 0.717) is 5.92 Å². The van der Waals surface area contributed by atoms with Gasteiger partial charge in [-0.2, -0.15) is 0 Å². The third-order valence-corrected chi connectivity index (χ3v) is 5.58. The molecule has 4 nitrogen and oxygen atoms in total. The van der Waals surface area contributed by atoms with Crippen LogP contribution in [0.25, 0.3) is 0 Å². The van der Waals surface area contributed by atoms with Crippen molar-refractivity contribution < 1.29 is 9.18 Å². The van der Waals surface area contributed by atoms with Crippen molar-refractivity contribution in [2.24, 2.45) is 5.92 Å². The molecule has 1 heterocycles. The molecule has 2 amide bonds. The summed E-state index contributed by atoms with van der Waals surface area (Å²) in [4.78, 5) is 16.9. The molecule has 2 aromatic carbocycles. The number of hydrogen-bond acceptors (Lipinski definition) is 2. The Hall–Kier alpha value is -2.40. The van der Waals surface area contributed by atoms with Crippen LogP contribution in [0.2, 0.25) is 0 Å². The van der Waals surface area contributed by atoms with Gasteiger partial charge in [0.25, 0.3) is 0 Å².